The molecular formula is C16H15ClN2O3S. The first-order valence-electron chi connectivity index (χ1n) is 6.70. The summed E-state index contributed by atoms with van der Waals surface area (Å²) in [4.78, 5) is 12.2. The van der Waals surface area contributed by atoms with Gasteiger partial charge in [-0.1, -0.05) is 17.7 Å². The van der Waals surface area contributed by atoms with Gasteiger partial charge in [0.25, 0.3) is 5.91 Å². The Kier molecular flexibility index (Phi) is 5.54. The average molecular weight is 351 g/mol. The quantitative estimate of drug-likeness (QED) is 0.786. The number of carbonyl (C=O) groups is 1. The SMILES string of the molecule is C=CCNS(=O)(=O)c1ccc(C(=O)Nc2ccc(Cl)cc2)cc1. The average Bonchev–Trinajstić information content (AvgIpc) is 2.55. The highest BCUT2D eigenvalue weighted by Gasteiger charge is 2.14. The Morgan fingerprint density at radius 2 is 1.70 bits per heavy atom. The third-order valence-electron chi connectivity index (χ3n) is 2.95. The van der Waals surface area contributed by atoms with Crippen LogP contribution in [0.25, 0.3) is 0 Å². The van der Waals surface area contributed by atoms with E-state index < -0.39 is 10.0 Å². The Morgan fingerprint density at radius 3 is 2.26 bits per heavy atom. The molecule has 0 heterocycles. The van der Waals surface area contributed by atoms with E-state index in [1.807, 2.05) is 0 Å². The topological polar surface area (TPSA) is 75.3 Å². The van der Waals surface area contributed by atoms with Gasteiger partial charge in [-0.15, -0.1) is 6.58 Å². The van der Waals surface area contributed by atoms with E-state index in [1.54, 1.807) is 24.3 Å². The van der Waals surface area contributed by atoms with E-state index in [0.717, 1.165) is 0 Å². The van der Waals surface area contributed by atoms with Crippen molar-refractivity contribution in [3.8, 4) is 0 Å². The van der Waals surface area contributed by atoms with Crippen LogP contribution in [0.2, 0.25) is 5.02 Å². The molecule has 1 amide bonds. The second-order valence-corrected chi connectivity index (χ2v) is 6.83. The van der Waals surface area contributed by atoms with Crippen molar-refractivity contribution in [1.82, 2.24) is 4.72 Å². The summed E-state index contributed by atoms with van der Waals surface area (Å²) in [6.45, 7) is 3.59. The molecule has 0 atom stereocenters. The van der Waals surface area contributed by atoms with Crippen LogP contribution < -0.4 is 10.0 Å². The number of benzene rings is 2. The highest BCUT2D eigenvalue weighted by Crippen LogP contribution is 2.15. The fourth-order valence-electron chi connectivity index (χ4n) is 1.77. The van der Waals surface area contributed by atoms with Gasteiger partial charge in [0.15, 0.2) is 0 Å². The van der Waals surface area contributed by atoms with Crippen molar-refractivity contribution in [2.24, 2.45) is 0 Å². The van der Waals surface area contributed by atoms with Gasteiger partial charge in [-0.05, 0) is 48.5 Å². The number of nitrogens with one attached hydrogen (secondary N) is 2. The van der Waals surface area contributed by atoms with Gasteiger partial charge in [-0.2, -0.15) is 0 Å². The maximum atomic E-state index is 12.1. The molecule has 0 aliphatic rings. The number of anilines is 1. The van der Waals surface area contributed by atoms with Gasteiger partial charge in [-0.25, -0.2) is 13.1 Å². The van der Waals surface area contributed by atoms with Gasteiger partial charge in [0.2, 0.25) is 10.0 Å². The molecule has 0 spiro atoms. The van der Waals surface area contributed by atoms with Crippen molar-refractivity contribution in [3.63, 3.8) is 0 Å². The van der Waals surface area contributed by atoms with Crippen molar-refractivity contribution in [2.45, 2.75) is 4.90 Å². The highest BCUT2D eigenvalue weighted by molar-refractivity contribution is 7.89. The van der Waals surface area contributed by atoms with Gasteiger partial charge >= 0.3 is 0 Å². The molecule has 0 radical (unpaired) electrons. The van der Waals surface area contributed by atoms with Crippen LogP contribution in [-0.2, 0) is 10.0 Å². The standard InChI is InChI=1S/C16H15ClN2O3S/c1-2-11-18-23(21,22)15-9-3-12(4-10-15)16(20)19-14-7-5-13(17)6-8-14/h2-10,18H,1,11H2,(H,19,20). The van der Waals surface area contributed by atoms with Crippen LogP contribution in [0.1, 0.15) is 10.4 Å². The Balaban J connectivity index is 2.11. The molecule has 23 heavy (non-hydrogen) atoms. The zero-order chi connectivity index (χ0) is 16.9. The molecule has 0 aliphatic carbocycles. The molecule has 2 aromatic carbocycles. The molecule has 120 valence electrons. The Hall–Kier alpha value is -2.15. The van der Waals surface area contributed by atoms with Crippen molar-refractivity contribution < 1.29 is 13.2 Å². The van der Waals surface area contributed by atoms with E-state index in [2.05, 4.69) is 16.6 Å². The lowest BCUT2D eigenvalue weighted by Gasteiger charge is -2.07. The highest BCUT2D eigenvalue weighted by atomic mass is 35.5. The van der Waals surface area contributed by atoms with Crippen LogP contribution >= 0.6 is 11.6 Å². The van der Waals surface area contributed by atoms with Crippen LogP contribution in [0.15, 0.2) is 66.1 Å². The van der Waals surface area contributed by atoms with E-state index in [9.17, 15) is 13.2 Å². The summed E-state index contributed by atoms with van der Waals surface area (Å²) in [6.07, 6.45) is 1.45. The van der Waals surface area contributed by atoms with Crippen molar-refractivity contribution in [3.05, 3.63) is 71.8 Å². The largest absolute Gasteiger partial charge is 0.322 e. The number of amides is 1. The zero-order valence-corrected chi connectivity index (χ0v) is 13.7. The van der Waals surface area contributed by atoms with E-state index in [0.29, 0.717) is 16.3 Å². The number of halogens is 1. The summed E-state index contributed by atoms with van der Waals surface area (Å²) in [5.41, 5.74) is 0.950. The molecule has 0 unspecified atom stereocenters. The fraction of sp³-hybridized carbons (Fsp3) is 0.0625. The predicted molar refractivity (Wildman–Crippen MR) is 91.2 cm³/mol. The van der Waals surface area contributed by atoms with Crippen molar-refractivity contribution >= 4 is 33.2 Å². The molecule has 0 aliphatic heterocycles. The lowest BCUT2D eigenvalue weighted by atomic mass is 10.2. The smallest absolute Gasteiger partial charge is 0.255 e. The molecule has 0 bridgehead atoms. The summed E-state index contributed by atoms with van der Waals surface area (Å²) >= 11 is 5.78. The molecule has 0 aromatic heterocycles. The number of hydrogen-bond acceptors (Lipinski definition) is 3. The second kappa shape index (κ2) is 7.41. The first kappa shape index (κ1) is 17.2. The molecule has 2 N–H and O–H groups in total. The monoisotopic (exact) mass is 350 g/mol. The Bertz CT molecular complexity index is 800. The maximum absolute atomic E-state index is 12.1. The summed E-state index contributed by atoms with van der Waals surface area (Å²) in [6, 6.07) is 12.3. The van der Waals surface area contributed by atoms with Gasteiger partial charge < -0.3 is 5.32 Å². The normalized spacial score (nSPS) is 11.0. The van der Waals surface area contributed by atoms with Crippen LogP contribution in [0, 0.1) is 0 Å². The summed E-state index contributed by atoms with van der Waals surface area (Å²) in [5.74, 6) is -0.338. The van der Waals surface area contributed by atoms with Crippen LogP contribution in [-0.4, -0.2) is 20.9 Å². The predicted octanol–water partition coefficient (Wildman–Crippen LogP) is 3.06. The molecule has 0 saturated carbocycles. The van der Waals surface area contributed by atoms with E-state index >= 15 is 0 Å². The van der Waals surface area contributed by atoms with Gasteiger partial charge in [0.05, 0.1) is 4.90 Å². The zero-order valence-electron chi connectivity index (χ0n) is 12.1. The first-order valence-corrected chi connectivity index (χ1v) is 8.56. The minimum Gasteiger partial charge on any atom is -0.322 e. The summed E-state index contributed by atoms with van der Waals surface area (Å²) in [5, 5.41) is 3.28. The van der Waals surface area contributed by atoms with Crippen molar-refractivity contribution in [2.75, 3.05) is 11.9 Å². The number of hydrogen-bond donors (Lipinski definition) is 2. The van der Waals surface area contributed by atoms with Crippen LogP contribution in [0.5, 0.6) is 0 Å². The lowest BCUT2D eigenvalue weighted by Crippen LogP contribution is -2.23. The number of rotatable bonds is 6. The fourth-order valence-corrected chi connectivity index (χ4v) is 2.90. The van der Waals surface area contributed by atoms with Gasteiger partial charge in [-0.3, -0.25) is 4.79 Å². The number of carbonyl (C=O) groups excluding carboxylic acids is 1. The second-order valence-electron chi connectivity index (χ2n) is 4.63. The van der Waals surface area contributed by atoms with Crippen molar-refractivity contribution in [1.29, 1.82) is 0 Å². The van der Waals surface area contributed by atoms with E-state index in [-0.39, 0.29) is 17.3 Å². The van der Waals surface area contributed by atoms with Gasteiger partial charge in [0, 0.05) is 22.8 Å². The lowest BCUT2D eigenvalue weighted by molar-refractivity contribution is 0.102. The molecule has 7 heteroatoms. The Morgan fingerprint density at radius 1 is 1.09 bits per heavy atom. The molecule has 5 nitrogen and oxygen atoms in total. The Labute approximate surface area is 140 Å². The molecule has 0 saturated heterocycles. The molecule has 2 rings (SSSR count). The molecular weight excluding hydrogens is 336 g/mol. The minimum atomic E-state index is -3.60. The van der Waals surface area contributed by atoms with E-state index in [1.165, 1.54) is 30.3 Å². The van der Waals surface area contributed by atoms with Crippen LogP contribution in [0.4, 0.5) is 5.69 Å². The summed E-state index contributed by atoms with van der Waals surface area (Å²) < 4.78 is 26.2. The number of sulfonamides is 1. The first-order chi connectivity index (χ1) is 10.9. The van der Waals surface area contributed by atoms with E-state index in [4.69, 9.17) is 11.6 Å². The molecule has 2 aromatic rings. The molecule has 0 fully saturated rings. The van der Waals surface area contributed by atoms with Crippen LogP contribution in [0.3, 0.4) is 0 Å². The maximum Gasteiger partial charge on any atom is 0.255 e. The third kappa shape index (κ3) is 4.66. The third-order valence-corrected chi connectivity index (χ3v) is 4.64. The minimum absolute atomic E-state index is 0.0855. The summed E-state index contributed by atoms with van der Waals surface area (Å²) in [7, 11) is -3.60. The van der Waals surface area contributed by atoms with Gasteiger partial charge in [0.1, 0.15) is 0 Å².